The molecule has 21 heavy (non-hydrogen) atoms. The lowest BCUT2D eigenvalue weighted by Crippen LogP contribution is -2.29. The second-order valence-electron chi connectivity index (χ2n) is 4.65. The fourth-order valence-corrected chi connectivity index (χ4v) is 1.92. The van der Waals surface area contributed by atoms with Gasteiger partial charge in [-0.1, -0.05) is 42.5 Å². The molecule has 4 N–H and O–H groups in total. The Balaban J connectivity index is 1.98. The third kappa shape index (κ3) is 4.47. The molecule has 0 aliphatic rings. The van der Waals surface area contributed by atoms with Crippen molar-refractivity contribution in [3.63, 3.8) is 0 Å². The second-order valence-corrected chi connectivity index (χ2v) is 4.65. The summed E-state index contributed by atoms with van der Waals surface area (Å²) in [5.41, 5.74) is 8.04. The van der Waals surface area contributed by atoms with Crippen molar-refractivity contribution < 1.29 is 9.90 Å². The molecule has 0 fully saturated rings. The van der Waals surface area contributed by atoms with E-state index in [4.69, 9.17) is 5.73 Å². The van der Waals surface area contributed by atoms with Crippen molar-refractivity contribution in [2.45, 2.75) is 6.04 Å². The average molecular weight is 282 g/mol. The molecule has 4 heteroatoms. The highest BCUT2D eigenvalue weighted by Crippen LogP contribution is 2.12. The van der Waals surface area contributed by atoms with Crippen LogP contribution < -0.4 is 11.1 Å². The van der Waals surface area contributed by atoms with Gasteiger partial charge in [0.1, 0.15) is 0 Å². The van der Waals surface area contributed by atoms with Crippen molar-refractivity contribution in [3.05, 3.63) is 71.8 Å². The van der Waals surface area contributed by atoms with Crippen LogP contribution in [-0.4, -0.2) is 17.6 Å². The highest BCUT2D eigenvalue weighted by molar-refractivity contribution is 5.92. The molecule has 0 aromatic heterocycles. The maximum absolute atomic E-state index is 11.9. The summed E-state index contributed by atoms with van der Waals surface area (Å²) in [6, 6.07) is 16.2. The van der Waals surface area contributed by atoms with Crippen LogP contribution in [0.3, 0.4) is 0 Å². The highest BCUT2D eigenvalue weighted by atomic mass is 16.3. The third-order valence-corrected chi connectivity index (χ3v) is 3.06. The molecule has 2 rings (SSSR count). The quantitative estimate of drug-likeness (QED) is 0.581. The van der Waals surface area contributed by atoms with Crippen LogP contribution in [0.25, 0.3) is 6.08 Å². The van der Waals surface area contributed by atoms with E-state index in [1.54, 1.807) is 18.2 Å². The lowest BCUT2D eigenvalue weighted by atomic mass is 10.1. The highest BCUT2D eigenvalue weighted by Gasteiger charge is 2.11. The Kier molecular flexibility index (Phi) is 5.12. The summed E-state index contributed by atoms with van der Waals surface area (Å²) >= 11 is 0. The van der Waals surface area contributed by atoms with Gasteiger partial charge >= 0.3 is 0 Å². The number of nitrogens with one attached hydrogen (secondary N) is 1. The number of anilines is 1. The molecule has 0 spiro atoms. The number of nitrogen functional groups attached to an aromatic ring is 1. The van der Waals surface area contributed by atoms with Gasteiger partial charge in [-0.25, -0.2) is 0 Å². The molecule has 1 atom stereocenters. The number of rotatable bonds is 5. The average Bonchev–Trinajstić information content (AvgIpc) is 2.53. The molecule has 0 saturated heterocycles. The number of aliphatic hydroxyl groups excluding tert-OH is 1. The van der Waals surface area contributed by atoms with E-state index < -0.39 is 6.04 Å². The fraction of sp³-hybridized carbons (Fsp3) is 0.118. The van der Waals surface area contributed by atoms with E-state index in [0.29, 0.717) is 5.69 Å². The van der Waals surface area contributed by atoms with E-state index in [0.717, 1.165) is 11.1 Å². The van der Waals surface area contributed by atoms with E-state index in [9.17, 15) is 9.90 Å². The Morgan fingerprint density at radius 2 is 1.81 bits per heavy atom. The van der Waals surface area contributed by atoms with E-state index in [1.807, 2.05) is 42.5 Å². The molecule has 4 nitrogen and oxygen atoms in total. The minimum absolute atomic E-state index is 0.147. The van der Waals surface area contributed by atoms with Gasteiger partial charge in [0.05, 0.1) is 12.6 Å². The van der Waals surface area contributed by atoms with Crippen molar-refractivity contribution in [3.8, 4) is 0 Å². The van der Waals surface area contributed by atoms with Gasteiger partial charge in [0.25, 0.3) is 0 Å². The van der Waals surface area contributed by atoms with Crippen molar-refractivity contribution in [2.24, 2.45) is 0 Å². The Labute approximate surface area is 123 Å². The van der Waals surface area contributed by atoms with Crippen LogP contribution in [0, 0.1) is 0 Å². The molecule has 0 aliphatic heterocycles. The van der Waals surface area contributed by atoms with Gasteiger partial charge in [-0.2, -0.15) is 0 Å². The summed E-state index contributed by atoms with van der Waals surface area (Å²) in [5, 5.41) is 12.2. The first-order valence-corrected chi connectivity index (χ1v) is 6.69. The predicted molar refractivity (Wildman–Crippen MR) is 84.3 cm³/mol. The van der Waals surface area contributed by atoms with Gasteiger partial charge in [0.2, 0.25) is 5.91 Å². The number of benzene rings is 2. The molecular formula is C17H18N2O2. The van der Waals surface area contributed by atoms with Gasteiger partial charge in [0.15, 0.2) is 0 Å². The molecule has 2 aromatic carbocycles. The van der Waals surface area contributed by atoms with E-state index in [-0.39, 0.29) is 12.5 Å². The molecule has 1 amide bonds. The zero-order valence-corrected chi connectivity index (χ0v) is 11.6. The van der Waals surface area contributed by atoms with Crippen LogP contribution >= 0.6 is 0 Å². The maximum atomic E-state index is 11.9. The zero-order chi connectivity index (χ0) is 15.1. The Morgan fingerprint density at radius 1 is 1.14 bits per heavy atom. The van der Waals surface area contributed by atoms with Gasteiger partial charge in [0, 0.05) is 11.8 Å². The van der Waals surface area contributed by atoms with Crippen LogP contribution in [-0.2, 0) is 4.79 Å². The molecule has 2 aromatic rings. The first-order chi connectivity index (χ1) is 10.2. The molecule has 0 radical (unpaired) electrons. The van der Waals surface area contributed by atoms with Gasteiger partial charge in [-0.3, -0.25) is 4.79 Å². The number of carbonyl (C=O) groups excluding carboxylic acids is 1. The van der Waals surface area contributed by atoms with Crippen molar-refractivity contribution in [1.82, 2.24) is 5.32 Å². The molecular weight excluding hydrogens is 264 g/mol. The maximum Gasteiger partial charge on any atom is 0.244 e. The predicted octanol–water partition coefficient (Wildman–Crippen LogP) is 2.13. The number of aliphatic hydroxyl groups is 1. The molecule has 1 unspecified atom stereocenters. The topological polar surface area (TPSA) is 75.4 Å². The minimum atomic E-state index is -0.408. The summed E-state index contributed by atoms with van der Waals surface area (Å²) < 4.78 is 0. The number of hydrogen-bond acceptors (Lipinski definition) is 3. The molecule has 0 aliphatic carbocycles. The lowest BCUT2D eigenvalue weighted by Gasteiger charge is -2.15. The number of nitrogens with two attached hydrogens (primary N) is 1. The summed E-state index contributed by atoms with van der Waals surface area (Å²) in [7, 11) is 0. The number of amides is 1. The SMILES string of the molecule is Nc1ccc(/C=C/C(=O)NC(CO)c2ccccc2)cc1. The number of hydrogen-bond donors (Lipinski definition) is 3. The Hall–Kier alpha value is -2.59. The molecule has 0 bridgehead atoms. The Bertz CT molecular complexity index is 606. The van der Waals surface area contributed by atoms with Gasteiger partial charge in [-0.15, -0.1) is 0 Å². The Morgan fingerprint density at radius 3 is 2.43 bits per heavy atom. The van der Waals surface area contributed by atoms with Crippen LogP contribution in [0.4, 0.5) is 5.69 Å². The van der Waals surface area contributed by atoms with Gasteiger partial charge < -0.3 is 16.2 Å². The van der Waals surface area contributed by atoms with Crippen LogP contribution in [0.5, 0.6) is 0 Å². The molecule has 0 saturated carbocycles. The first kappa shape index (κ1) is 14.8. The third-order valence-electron chi connectivity index (χ3n) is 3.06. The molecule has 108 valence electrons. The van der Waals surface area contributed by atoms with E-state index >= 15 is 0 Å². The standard InChI is InChI=1S/C17H18N2O2/c18-15-9-6-13(7-10-15)8-11-17(21)19-16(12-20)14-4-2-1-3-5-14/h1-11,16,20H,12,18H2,(H,19,21)/b11-8+. The summed E-state index contributed by atoms with van der Waals surface area (Å²) in [5.74, 6) is -0.255. The van der Waals surface area contributed by atoms with Crippen LogP contribution in [0.1, 0.15) is 17.2 Å². The monoisotopic (exact) mass is 282 g/mol. The normalized spacial score (nSPS) is 12.2. The van der Waals surface area contributed by atoms with Crippen LogP contribution in [0.2, 0.25) is 0 Å². The van der Waals surface area contributed by atoms with Crippen molar-refractivity contribution in [2.75, 3.05) is 12.3 Å². The number of carbonyl (C=O) groups is 1. The van der Waals surface area contributed by atoms with Gasteiger partial charge in [-0.05, 0) is 29.3 Å². The first-order valence-electron chi connectivity index (χ1n) is 6.69. The summed E-state index contributed by atoms with van der Waals surface area (Å²) in [6.45, 7) is -0.147. The van der Waals surface area contributed by atoms with Crippen LogP contribution in [0.15, 0.2) is 60.7 Å². The van der Waals surface area contributed by atoms with E-state index in [2.05, 4.69) is 5.32 Å². The largest absolute Gasteiger partial charge is 0.399 e. The van der Waals surface area contributed by atoms with Crippen molar-refractivity contribution >= 4 is 17.7 Å². The summed E-state index contributed by atoms with van der Waals surface area (Å²) in [6.07, 6.45) is 3.14. The minimum Gasteiger partial charge on any atom is -0.399 e. The smallest absolute Gasteiger partial charge is 0.244 e. The second kappa shape index (κ2) is 7.26. The molecule has 0 heterocycles. The summed E-state index contributed by atoms with van der Waals surface area (Å²) in [4.78, 5) is 11.9. The zero-order valence-electron chi connectivity index (χ0n) is 11.6. The van der Waals surface area contributed by atoms with E-state index in [1.165, 1.54) is 6.08 Å². The van der Waals surface area contributed by atoms with Crippen molar-refractivity contribution in [1.29, 1.82) is 0 Å². The fourth-order valence-electron chi connectivity index (χ4n) is 1.92. The lowest BCUT2D eigenvalue weighted by molar-refractivity contribution is -0.117.